The standard InChI is InChI=1S/C22H38O3/c1-3-5-6-7-8-9-10-11-12-13-14-15-16-21(4-2)17-18-22(24)25-20-19-23/h5-6,8-9,11-12,21,23H,3-4,7,10,13-20H2,1-2H3/b6-5-,9-8-,12-11-. The second kappa shape index (κ2) is 19.0. The highest BCUT2D eigenvalue weighted by atomic mass is 16.5. The predicted molar refractivity (Wildman–Crippen MR) is 106 cm³/mol. The Bertz CT molecular complexity index is 383. The molecule has 0 aliphatic rings. The van der Waals surface area contributed by atoms with Gasteiger partial charge in [-0.15, -0.1) is 0 Å². The number of unbranched alkanes of at least 4 members (excludes halogenated alkanes) is 2. The van der Waals surface area contributed by atoms with E-state index in [4.69, 9.17) is 9.84 Å². The topological polar surface area (TPSA) is 46.5 Å². The van der Waals surface area contributed by atoms with Crippen molar-refractivity contribution in [1.82, 2.24) is 0 Å². The van der Waals surface area contributed by atoms with Crippen LogP contribution >= 0.6 is 0 Å². The van der Waals surface area contributed by atoms with Crippen molar-refractivity contribution in [3.63, 3.8) is 0 Å². The third kappa shape index (κ3) is 17.3. The summed E-state index contributed by atoms with van der Waals surface area (Å²) in [6.07, 6.45) is 23.8. The van der Waals surface area contributed by atoms with Crippen LogP contribution in [0.5, 0.6) is 0 Å². The van der Waals surface area contributed by atoms with E-state index in [-0.39, 0.29) is 19.2 Å². The number of allylic oxidation sites excluding steroid dienone is 6. The summed E-state index contributed by atoms with van der Waals surface area (Å²) in [5, 5.41) is 8.63. The zero-order valence-electron chi connectivity index (χ0n) is 16.3. The quantitative estimate of drug-likeness (QED) is 0.219. The van der Waals surface area contributed by atoms with Crippen LogP contribution in [0.15, 0.2) is 36.5 Å². The number of ether oxygens (including phenoxy) is 1. The largest absolute Gasteiger partial charge is 0.463 e. The number of aliphatic hydroxyl groups excluding tert-OH is 1. The van der Waals surface area contributed by atoms with E-state index < -0.39 is 0 Å². The molecule has 0 aliphatic heterocycles. The monoisotopic (exact) mass is 350 g/mol. The molecule has 0 saturated heterocycles. The van der Waals surface area contributed by atoms with Gasteiger partial charge in [0.1, 0.15) is 6.61 Å². The Balaban J connectivity index is 3.61. The summed E-state index contributed by atoms with van der Waals surface area (Å²) in [4.78, 5) is 11.4. The van der Waals surface area contributed by atoms with Gasteiger partial charge in [-0.05, 0) is 44.4 Å². The van der Waals surface area contributed by atoms with E-state index in [2.05, 4.69) is 50.3 Å². The van der Waals surface area contributed by atoms with Crippen molar-refractivity contribution in [3.05, 3.63) is 36.5 Å². The minimum atomic E-state index is -0.186. The number of aliphatic hydroxyl groups is 1. The van der Waals surface area contributed by atoms with E-state index in [1.807, 2.05) is 0 Å². The molecule has 144 valence electrons. The first-order valence-corrected chi connectivity index (χ1v) is 9.96. The molecule has 25 heavy (non-hydrogen) atoms. The fraction of sp³-hybridized carbons (Fsp3) is 0.682. The SMILES string of the molecule is CC/C=C\C/C=C\C/C=C\CCCCC(CC)CCC(=O)OCCO. The van der Waals surface area contributed by atoms with E-state index >= 15 is 0 Å². The zero-order valence-corrected chi connectivity index (χ0v) is 16.3. The van der Waals surface area contributed by atoms with Crippen molar-refractivity contribution in [2.24, 2.45) is 5.92 Å². The molecule has 3 nitrogen and oxygen atoms in total. The summed E-state index contributed by atoms with van der Waals surface area (Å²) in [7, 11) is 0. The molecule has 0 bridgehead atoms. The van der Waals surface area contributed by atoms with Crippen molar-refractivity contribution in [2.45, 2.75) is 78.1 Å². The second-order valence-corrected chi connectivity index (χ2v) is 6.34. The maximum atomic E-state index is 11.4. The van der Waals surface area contributed by atoms with E-state index in [0.717, 1.165) is 38.5 Å². The van der Waals surface area contributed by atoms with Gasteiger partial charge in [-0.3, -0.25) is 4.79 Å². The van der Waals surface area contributed by atoms with Crippen LogP contribution in [0.2, 0.25) is 0 Å². The molecule has 0 amide bonds. The number of rotatable bonds is 16. The summed E-state index contributed by atoms with van der Waals surface area (Å²) >= 11 is 0. The van der Waals surface area contributed by atoms with Gasteiger partial charge in [0.2, 0.25) is 0 Å². The zero-order chi connectivity index (χ0) is 18.6. The van der Waals surface area contributed by atoms with Gasteiger partial charge in [0.15, 0.2) is 0 Å². The number of hydrogen-bond donors (Lipinski definition) is 1. The van der Waals surface area contributed by atoms with Gasteiger partial charge < -0.3 is 9.84 Å². The number of esters is 1. The van der Waals surface area contributed by atoms with Gasteiger partial charge in [0.05, 0.1) is 6.61 Å². The molecular formula is C22H38O3. The maximum absolute atomic E-state index is 11.4. The molecule has 0 saturated carbocycles. The van der Waals surface area contributed by atoms with Crippen LogP contribution in [0.3, 0.4) is 0 Å². The van der Waals surface area contributed by atoms with E-state index in [1.54, 1.807) is 0 Å². The summed E-state index contributed by atoms with van der Waals surface area (Å²) in [6, 6.07) is 0. The molecule has 0 fully saturated rings. The Hall–Kier alpha value is -1.35. The van der Waals surface area contributed by atoms with Crippen LogP contribution in [-0.4, -0.2) is 24.3 Å². The average Bonchev–Trinajstić information content (AvgIpc) is 2.63. The van der Waals surface area contributed by atoms with Gasteiger partial charge in [-0.2, -0.15) is 0 Å². The lowest BCUT2D eigenvalue weighted by Crippen LogP contribution is -2.10. The Kier molecular flexibility index (Phi) is 18.0. The van der Waals surface area contributed by atoms with Crippen LogP contribution in [0.1, 0.15) is 78.1 Å². The van der Waals surface area contributed by atoms with Gasteiger partial charge in [-0.25, -0.2) is 0 Å². The highest BCUT2D eigenvalue weighted by molar-refractivity contribution is 5.69. The molecule has 0 spiro atoms. The second-order valence-electron chi connectivity index (χ2n) is 6.34. The number of carbonyl (C=O) groups excluding carboxylic acids is 1. The van der Waals surface area contributed by atoms with Gasteiger partial charge >= 0.3 is 5.97 Å². The minimum absolute atomic E-state index is 0.0951. The normalized spacial score (nSPS) is 13.2. The molecule has 0 heterocycles. The fourth-order valence-electron chi connectivity index (χ4n) is 2.63. The average molecular weight is 351 g/mol. The van der Waals surface area contributed by atoms with Crippen molar-refractivity contribution in [3.8, 4) is 0 Å². The molecule has 1 unspecified atom stereocenters. The smallest absolute Gasteiger partial charge is 0.305 e. The highest BCUT2D eigenvalue weighted by Crippen LogP contribution is 2.19. The first-order chi connectivity index (χ1) is 12.2. The van der Waals surface area contributed by atoms with Crippen molar-refractivity contribution in [1.29, 1.82) is 0 Å². The molecule has 0 aromatic carbocycles. The molecule has 0 aromatic rings. The summed E-state index contributed by atoms with van der Waals surface area (Å²) in [5.41, 5.74) is 0. The molecule has 1 N–H and O–H groups in total. The molecular weight excluding hydrogens is 312 g/mol. The van der Waals surface area contributed by atoms with Crippen LogP contribution in [0.4, 0.5) is 0 Å². The molecule has 3 heteroatoms. The molecule has 0 aromatic heterocycles. The third-order valence-corrected chi connectivity index (χ3v) is 4.20. The van der Waals surface area contributed by atoms with Crippen molar-refractivity contribution in [2.75, 3.05) is 13.2 Å². The lowest BCUT2D eigenvalue weighted by atomic mass is 9.94. The van der Waals surface area contributed by atoms with E-state index in [1.165, 1.54) is 19.3 Å². The first kappa shape index (κ1) is 23.6. The van der Waals surface area contributed by atoms with Gasteiger partial charge in [0.25, 0.3) is 0 Å². The Morgan fingerprint density at radius 2 is 1.64 bits per heavy atom. The van der Waals surface area contributed by atoms with E-state index in [9.17, 15) is 4.79 Å². The van der Waals surface area contributed by atoms with Gasteiger partial charge in [0, 0.05) is 6.42 Å². The lowest BCUT2D eigenvalue weighted by Gasteiger charge is -2.13. The Morgan fingerprint density at radius 3 is 2.28 bits per heavy atom. The highest BCUT2D eigenvalue weighted by Gasteiger charge is 2.10. The van der Waals surface area contributed by atoms with Crippen molar-refractivity contribution >= 4 is 5.97 Å². The minimum Gasteiger partial charge on any atom is -0.463 e. The first-order valence-electron chi connectivity index (χ1n) is 9.96. The van der Waals surface area contributed by atoms with Crippen molar-refractivity contribution < 1.29 is 14.6 Å². The summed E-state index contributed by atoms with van der Waals surface area (Å²) < 4.78 is 4.90. The van der Waals surface area contributed by atoms with Gasteiger partial charge in [-0.1, -0.05) is 69.6 Å². The summed E-state index contributed by atoms with van der Waals surface area (Å²) in [6.45, 7) is 4.36. The Labute approximate surface area is 154 Å². The Morgan fingerprint density at radius 1 is 0.960 bits per heavy atom. The predicted octanol–water partition coefficient (Wildman–Crippen LogP) is 5.75. The molecule has 0 rings (SSSR count). The van der Waals surface area contributed by atoms with Crippen LogP contribution < -0.4 is 0 Å². The number of carbonyl (C=O) groups is 1. The lowest BCUT2D eigenvalue weighted by molar-refractivity contribution is -0.145. The van der Waals surface area contributed by atoms with Crippen LogP contribution in [-0.2, 0) is 9.53 Å². The third-order valence-electron chi connectivity index (χ3n) is 4.20. The molecule has 0 aliphatic carbocycles. The van der Waals surface area contributed by atoms with Crippen LogP contribution in [0.25, 0.3) is 0 Å². The molecule has 1 atom stereocenters. The summed E-state index contributed by atoms with van der Waals surface area (Å²) in [5.74, 6) is 0.415. The molecule has 0 radical (unpaired) electrons. The maximum Gasteiger partial charge on any atom is 0.305 e. The number of hydrogen-bond acceptors (Lipinski definition) is 3. The fourth-order valence-corrected chi connectivity index (χ4v) is 2.63. The van der Waals surface area contributed by atoms with Crippen LogP contribution in [0, 0.1) is 5.92 Å². The van der Waals surface area contributed by atoms with E-state index in [0.29, 0.717) is 12.3 Å².